The summed E-state index contributed by atoms with van der Waals surface area (Å²) >= 11 is 0. The molecule has 1 unspecified atom stereocenters. The molecule has 1 N–H and O–H groups in total. The first-order chi connectivity index (χ1) is 9.08. The van der Waals surface area contributed by atoms with Crippen LogP contribution in [0.4, 0.5) is 0 Å². The molecule has 2 saturated heterocycles. The van der Waals surface area contributed by atoms with Gasteiger partial charge in [-0.05, 0) is 25.3 Å². The van der Waals surface area contributed by atoms with Gasteiger partial charge in [-0.25, -0.2) is 0 Å². The second kappa shape index (κ2) is 5.38. The summed E-state index contributed by atoms with van der Waals surface area (Å²) in [5.41, 5.74) is 1.64. The molecule has 2 aliphatic rings. The number of rotatable bonds is 2. The first-order valence-electron chi connectivity index (χ1n) is 6.58. The van der Waals surface area contributed by atoms with Gasteiger partial charge in [0.25, 0.3) is 5.91 Å². The van der Waals surface area contributed by atoms with Gasteiger partial charge in [0, 0.05) is 18.5 Å². The van der Waals surface area contributed by atoms with Crippen LogP contribution in [0.5, 0.6) is 0 Å². The van der Waals surface area contributed by atoms with Crippen LogP contribution in [0.25, 0.3) is 0 Å². The van der Waals surface area contributed by atoms with Crippen LogP contribution in [0.2, 0.25) is 0 Å². The van der Waals surface area contributed by atoms with E-state index in [0.717, 1.165) is 12.0 Å². The van der Waals surface area contributed by atoms with Crippen molar-refractivity contribution in [3.8, 4) is 0 Å². The number of hydrogen-bond donors (Lipinski definition) is 1. The number of amides is 3. The highest BCUT2D eigenvalue weighted by atomic mass is 16.2. The molecule has 2 fully saturated rings. The lowest BCUT2D eigenvalue weighted by Crippen LogP contribution is -2.52. The minimum Gasteiger partial charge on any atom is -0.322 e. The van der Waals surface area contributed by atoms with Crippen LogP contribution >= 0.6 is 0 Å². The lowest BCUT2D eigenvalue weighted by atomic mass is 10.0. The Balaban J connectivity index is 2.23. The van der Waals surface area contributed by atoms with Gasteiger partial charge in [0.05, 0.1) is 0 Å². The number of nitrogens with zero attached hydrogens (tertiary/aromatic N) is 1. The molecular weight excluding hydrogens is 244 g/mol. The minimum absolute atomic E-state index is 0.107. The van der Waals surface area contributed by atoms with Crippen LogP contribution < -0.4 is 5.32 Å². The van der Waals surface area contributed by atoms with Crippen molar-refractivity contribution >= 4 is 17.7 Å². The molecule has 0 aromatic carbocycles. The molecule has 5 heteroatoms. The van der Waals surface area contributed by atoms with Crippen LogP contribution in [0.1, 0.15) is 33.1 Å². The fourth-order valence-corrected chi connectivity index (χ4v) is 2.53. The molecule has 0 radical (unpaired) electrons. The van der Waals surface area contributed by atoms with E-state index >= 15 is 0 Å². The Bertz CT molecular complexity index is 491. The number of piperidine rings is 1. The molecule has 102 valence electrons. The van der Waals surface area contributed by atoms with E-state index in [-0.39, 0.29) is 24.1 Å². The summed E-state index contributed by atoms with van der Waals surface area (Å²) in [7, 11) is 0. The smallest absolute Gasteiger partial charge is 0.254 e. The summed E-state index contributed by atoms with van der Waals surface area (Å²) in [5.74, 6) is -0.731. The van der Waals surface area contributed by atoms with Crippen molar-refractivity contribution < 1.29 is 14.4 Å². The van der Waals surface area contributed by atoms with E-state index in [1.54, 1.807) is 4.90 Å². The first-order valence-corrected chi connectivity index (χ1v) is 6.58. The summed E-state index contributed by atoms with van der Waals surface area (Å²) in [4.78, 5) is 36.9. The lowest BCUT2D eigenvalue weighted by molar-refractivity contribution is -0.142. The van der Waals surface area contributed by atoms with E-state index in [0.29, 0.717) is 18.5 Å². The Morgan fingerprint density at radius 3 is 2.68 bits per heavy atom. The van der Waals surface area contributed by atoms with Crippen molar-refractivity contribution in [1.29, 1.82) is 0 Å². The summed E-state index contributed by atoms with van der Waals surface area (Å²) in [6.07, 6.45) is 5.28. The van der Waals surface area contributed by atoms with Crippen LogP contribution in [0.3, 0.4) is 0 Å². The van der Waals surface area contributed by atoms with Gasteiger partial charge in [-0.1, -0.05) is 19.1 Å². The molecule has 3 amide bonds. The quantitative estimate of drug-likeness (QED) is 0.594. The van der Waals surface area contributed by atoms with E-state index in [1.807, 2.05) is 26.0 Å². The largest absolute Gasteiger partial charge is 0.322 e. The van der Waals surface area contributed by atoms with E-state index in [9.17, 15) is 14.4 Å². The molecule has 0 bridgehead atoms. The topological polar surface area (TPSA) is 66.5 Å². The minimum atomic E-state index is -0.525. The Labute approximate surface area is 112 Å². The molecule has 0 aromatic heterocycles. The second-order valence-corrected chi connectivity index (χ2v) is 4.74. The predicted molar refractivity (Wildman–Crippen MR) is 70.0 cm³/mol. The van der Waals surface area contributed by atoms with Crippen molar-refractivity contribution in [2.75, 3.05) is 6.54 Å². The maximum atomic E-state index is 12.3. The lowest BCUT2D eigenvalue weighted by Gasteiger charge is -2.28. The zero-order valence-corrected chi connectivity index (χ0v) is 11.2. The Morgan fingerprint density at radius 1 is 1.37 bits per heavy atom. The highest BCUT2D eigenvalue weighted by molar-refractivity contribution is 6.06. The molecule has 19 heavy (non-hydrogen) atoms. The first kappa shape index (κ1) is 13.5. The average Bonchev–Trinajstić information content (AvgIpc) is 2.68. The number of imide groups is 1. The van der Waals surface area contributed by atoms with Crippen molar-refractivity contribution in [1.82, 2.24) is 10.2 Å². The van der Waals surface area contributed by atoms with Crippen molar-refractivity contribution in [3.63, 3.8) is 0 Å². The molecule has 0 aliphatic carbocycles. The van der Waals surface area contributed by atoms with E-state index in [4.69, 9.17) is 0 Å². The van der Waals surface area contributed by atoms with E-state index in [1.165, 1.54) is 0 Å². The predicted octanol–water partition coefficient (Wildman–Crippen LogP) is 0.916. The van der Waals surface area contributed by atoms with Gasteiger partial charge < -0.3 is 4.90 Å². The van der Waals surface area contributed by atoms with Gasteiger partial charge in [-0.3, -0.25) is 19.7 Å². The van der Waals surface area contributed by atoms with Gasteiger partial charge in [-0.15, -0.1) is 0 Å². The number of likely N-dealkylation sites (tertiary alicyclic amines) is 1. The normalized spacial score (nSPS) is 28.4. The number of carbonyl (C=O) groups excluding carboxylic acids is 3. The third-order valence-corrected chi connectivity index (χ3v) is 3.52. The summed E-state index contributed by atoms with van der Waals surface area (Å²) in [6, 6.07) is -0.525. The zero-order chi connectivity index (χ0) is 14.0. The Morgan fingerprint density at radius 2 is 2.11 bits per heavy atom. The summed E-state index contributed by atoms with van der Waals surface area (Å²) in [6.45, 7) is 4.32. The maximum Gasteiger partial charge on any atom is 0.254 e. The van der Waals surface area contributed by atoms with Gasteiger partial charge in [0.2, 0.25) is 11.8 Å². The standard InChI is InChI=1S/C14H18N2O3/c1-3-5-10-9(4-2)8-16(14(10)19)11-6-7-12(17)15-13(11)18/h4-5,11H,3,6-8H2,1-2H3,(H,15,17,18)/b9-4-,10-5+. The number of carbonyl (C=O) groups is 3. The van der Waals surface area contributed by atoms with Gasteiger partial charge in [0.15, 0.2) is 0 Å². The SMILES string of the molecule is C/C=C1/CN(C2CCC(=O)NC2=O)C(=O)/C1=C/CC. The van der Waals surface area contributed by atoms with Crippen molar-refractivity contribution in [3.05, 3.63) is 23.3 Å². The molecule has 1 atom stereocenters. The van der Waals surface area contributed by atoms with Gasteiger partial charge in [0.1, 0.15) is 6.04 Å². The molecular formula is C14H18N2O3. The molecule has 2 rings (SSSR count). The van der Waals surface area contributed by atoms with E-state index < -0.39 is 6.04 Å². The number of nitrogens with one attached hydrogen (secondary N) is 1. The van der Waals surface area contributed by atoms with Crippen LogP contribution in [0, 0.1) is 0 Å². The van der Waals surface area contributed by atoms with Crippen molar-refractivity contribution in [2.24, 2.45) is 0 Å². The highest BCUT2D eigenvalue weighted by Gasteiger charge is 2.40. The number of allylic oxidation sites excluding steroid dienone is 2. The number of hydrogen-bond acceptors (Lipinski definition) is 3. The second-order valence-electron chi connectivity index (χ2n) is 4.74. The molecule has 0 saturated carbocycles. The fourth-order valence-electron chi connectivity index (χ4n) is 2.53. The van der Waals surface area contributed by atoms with Gasteiger partial charge in [-0.2, -0.15) is 0 Å². The molecule has 2 heterocycles. The summed E-state index contributed by atoms with van der Waals surface area (Å²) in [5, 5.41) is 2.30. The van der Waals surface area contributed by atoms with E-state index in [2.05, 4.69) is 5.32 Å². The van der Waals surface area contributed by atoms with Crippen LogP contribution in [0.15, 0.2) is 23.3 Å². The Kier molecular flexibility index (Phi) is 3.83. The summed E-state index contributed by atoms with van der Waals surface area (Å²) < 4.78 is 0. The third-order valence-electron chi connectivity index (χ3n) is 3.52. The molecule has 0 spiro atoms. The van der Waals surface area contributed by atoms with Crippen LogP contribution in [-0.4, -0.2) is 35.2 Å². The monoisotopic (exact) mass is 262 g/mol. The fraction of sp³-hybridized carbons (Fsp3) is 0.500. The van der Waals surface area contributed by atoms with Crippen LogP contribution in [-0.2, 0) is 14.4 Å². The molecule has 0 aromatic rings. The maximum absolute atomic E-state index is 12.3. The third kappa shape index (κ3) is 2.45. The average molecular weight is 262 g/mol. The Hall–Kier alpha value is -1.91. The van der Waals surface area contributed by atoms with Crippen molar-refractivity contribution in [2.45, 2.75) is 39.2 Å². The molecule has 5 nitrogen and oxygen atoms in total. The molecule has 2 aliphatic heterocycles. The highest BCUT2D eigenvalue weighted by Crippen LogP contribution is 2.28. The zero-order valence-electron chi connectivity index (χ0n) is 11.2. The van der Waals surface area contributed by atoms with Gasteiger partial charge >= 0.3 is 0 Å².